The van der Waals surface area contributed by atoms with Crippen molar-refractivity contribution in [2.75, 3.05) is 6.61 Å². The molecule has 0 saturated heterocycles. The van der Waals surface area contributed by atoms with Crippen molar-refractivity contribution in [1.82, 2.24) is 0 Å². The highest BCUT2D eigenvalue weighted by Crippen LogP contribution is 2.35. The molecule has 1 unspecified atom stereocenters. The van der Waals surface area contributed by atoms with Crippen molar-refractivity contribution in [3.8, 4) is 0 Å². The number of rotatable bonds is 2. The van der Waals surface area contributed by atoms with Crippen LogP contribution < -0.4 is 0 Å². The molecule has 0 aliphatic heterocycles. The van der Waals surface area contributed by atoms with Crippen LogP contribution in [0.25, 0.3) is 0 Å². The molecule has 0 aromatic heterocycles. The number of hydrogen-bond acceptors (Lipinski definition) is 1. The molecule has 0 heterocycles. The van der Waals surface area contributed by atoms with Crippen LogP contribution in [0.1, 0.15) is 32.3 Å². The summed E-state index contributed by atoms with van der Waals surface area (Å²) in [7, 11) is 0. The summed E-state index contributed by atoms with van der Waals surface area (Å²) in [5.74, 6) is -0.384. The highest BCUT2D eigenvalue weighted by Gasteiger charge is 2.27. The summed E-state index contributed by atoms with van der Waals surface area (Å²) in [4.78, 5) is 0. The van der Waals surface area contributed by atoms with Crippen LogP contribution in [0.4, 0.5) is 4.39 Å². The molecule has 1 rings (SSSR count). The Kier molecular flexibility index (Phi) is 3.27. The van der Waals surface area contributed by atoms with E-state index in [4.69, 9.17) is 0 Å². The maximum absolute atomic E-state index is 13.4. The molecule has 0 saturated carbocycles. The Morgan fingerprint density at radius 1 is 1.29 bits per heavy atom. The van der Waals surface area contributed by atoms with Gasteiger partial charge in [-0.1, -0.05) is 39.0 Å². The largest absolute Gasteiger partial charge is 0.396 e. The fraction of sp³-hybridized carbons (Fsp3) is 0.500. The van der Waals surface area contributed by atoms with Gasteiger partial charge < -0.3 is 5.11 Å². The smallest absolute Gasteiger partial charge is 0.126 e. The highest BCUT2D eigenvalue weighted by molar-refractivity contribution is 5.23. The topological polar surface area (TPSA) is 20.2 Å². The lowest BCUT2D eigenvalue weighted by molar-refractivity contribution is 0.183. The zero-order valence-corrected chi connectivity index (χ0v) is 8.92. The minimum Gasteiger partial charge on any atom is -0.396 e. The van der Waals surface area contributed by atoms with E-state index in [2.05, 4.69) is 0 Å². The monoisotopic (exact) mass is 196 g/mol. The number of hydrogen-bond donors (Lipinski definition) is 1. The first-order chi connectivity index (χ1) is 6.46. The lowest BCUT2D eigenvalue weighted by Gasteiger charge is -2.29. The van der Waals surface area contributed by atoms with Crippen molar-refractivity contribution in [3.05, 3.63) is 35.6 Å². The van der Waals surface area contributed by atoms with Gasteiger partial charge in [0.1, 0.15) is 5.82 Å². The number of aliphatic hydroxyl groups is 1. The first-order valence-electron chi connectivity index (χ1n) is 4.82. The molecular weight excluding hydrogens is 179 g/mol. The van der Waals surface area contributed by atoms with E-state index in [1.165, 1.54) is 6.07 Å². The van der Waals surface area contributed by atoms with Crippen molar-refractivity contribution in [2.24, 2.45) is 5.41 Å². The molecule has 2 heteroatoms. The van der Waals surface area contributed by atoms with Crippen LogP contribution in [-0.4, -0.2) is 11.7 Å². The first kappa shape index (κ1) is 11.2. The van der Waals surface area contributed by atoms with Crippen LogP contribution in [0.3, 0.4) is 0 Å². The summed E-state index contributed by atoms with van der Waals surface area (Å²) >= 11 is 0. The molecule has 14 heavy (non-hydrogen) atoms. The summed E-state index contributed by atoms with van der Waals surface area (Å²) in [6.07, 6.45) is 0. The second-order valence-electron chi connectivity index (χ2n) is 4.62. The zero-order valence-electron chi connectivity index (χ0n) is 8.92. The van der Waals surface area contributed by atoms with Crippen LogP contribution in [-0.2, 0) is 0 Å². The first-order valence-corrected chi connectivity index (χ1v) is 4.82. The van der Waals surface area contributed by atoms with Gasteiger partial charge in [0.05, 0.1) is 6.61 Å². The molecule has 0 amide bonds. The van der Waals surface area contributed by atoms with Crippen LogP contribution in [0.5, 0.6) is 0 Å². The van der Waals surface area contributed by atoms with Gasteiger partial charge in [-0.25, -0.2) is 4.39 Å². The fourth-order valence-electron chi connectivity index (χ4n) is 1.60. The van der Waals surface area contributed by atoms with Crippen molar-refractivity contribution in [3.63, 3.8) is 0 Å². The molecule has 1 aromatic carbocycles. The van der Waals surface area contributed by atoms with Crippen molar-refractivity contribution < 1.29 is 9.50 Å². The summed E-state index contributed by atoms with van der Waals surface area (Å²) in [5.41, 5.74) is 0.472. The van der Waals surface area contributed by atoms with E-state index in [9.17, 15) is 9.50 Å². The quantitative estimate of drug-likeness (QED) is 0.771. The van der Waals surface area contributed by atoms with Gasteiger partial charge in [0.15, 0.2) is 0 Å². The minimum atomic E-state index is -0.235. The molecule has 0 radical (unpaired) electrons. The summed E-state index contributed by atoms with van der Waals surface area (Å²) in [6, 6.07) is 6.63. The molecule has 0 spiro atoms. The maximum Gasteiger partial charge on any atom is 0.126 e. The third-order valence-electron chi connectivity index (χ3n) is 2.51. The summed E-state index contributed by atoms with van der Waals surface area (Å²) in [6.45, 7) is 5.98. The van der Waals surface area contributed by atoms with Gasteiger partial charge in [0.25, 0.3) is 0 Å². The Morgan fingerprint density at radius 3 is 2.29 bits per heavy atom. The van der Waals surface area contributed by atoms with Gasteiger partial charge in [0, 0.05) is 5.92 Å². The van der Waals surface area contributed by atoms with Gasteiger partial charge in [-0.05, 0) is 17.0 Å². The molecule has 1 atom stereocenters. The van der Waals surface area contributed by atoms with E-state index < -0.39 is 0 Å². The van der Waals surface area contributed by atoms with E-state index in [-0.39, 0.29) is 23.8 Å². The molecule has 0 fully saturated rings. The summed E-state index contributed by atoms with van der Waals surface area (Å²) in [5, 5.41) is 9.27. The molecule has 0 aliphatic carbocycles. The molecule has 1 aromatic rings. The standard InChI is InChI=1S/C12H17FO/c1-12(2,3)10(8-14)9-6-4-5-7-11(9)13/h4-7,10,14H,8H2,1-3H3. The van der Waals surface area contributed by atoms with Crippen LogP contribution in [0.15, 0.2) is 24.3 Å². The Hall–Kier alpha value is -0.890. The minimum absolute atomic E-state index is 0.0234. The second kappa shape index (κ2) is 4.09. The van der Waals surface area contributed by atoms with E-state index in [1.807, 2.05) is 20.8 Å². The lowest BCUT2D eigenvalue weighted by Crippen LogP contribution is -2.22. The van der Waals surface area contributed by atoms with Crippen molar-refractivity contribution in [1.29, 1.82) is 0 Å². The number of aliphatic hydroxyl groups excluding tert-OH is 1. The van der Waals surface area contributed by atoms with Crippen LogP contribution in [0, 0.1) is 11.2 Å². The van der Waals surface area contributed by atoms with Crippen molar-refractivity contribution >= 4 is 0 Å². The molecular formula is C12H17FO. The summed E-state index contributed by atoms with van der Waals surface area (Å²) < 4.78 is 13.4. The molecule has 78 valence electrons. The van der Waals surface area contributed by atoms with Crippen molar-refractivity contribution in [2.45, 2.75) is 26.7 Å². The van der Waals surface area contributed by atoms with Gasteiger partial charge in [-0.15, -0.1) is 0 Å². The van der Waals surface area contributed by atoms with Gasteiger partial charge in [0.2, 0.25) is 0 Å². The Morgan fingerprint density at radius 2 is 1.86 bits per heavy atom. The van der Waals surface area contributed by atoms with E-state index >= 15 is 0 Å². The molecule has 1 nitrogen and oxygen atoms in total. The average Bonchev–Trinajstić information content (AvgIpc) is 2.07. The van der Waals surface area contributed by atoms with Crippen LogP contribution >= 0.6 is 0 Å². The van der Waals surface area contributed by atoms with Crippen LogP contribution in [0.2, 0.25) is 0 Å². The predicted molar refractivity (Wildman–Crippen MR) is 55.7 cm³/mol. The third kappa shape index (κ3) is 2.32. The SMILES string of the molecule is CC(C)(C)C(CO)c1ccccc1F. The fourth-order valence-corrected chi connectivity index (χ4v) is 1.60. The predicted octanol–water partition coefficient (Wildman–Crippen LogP) is 2.95. The van der Waals surface area contributed by atoms with Gasteiger partial charge in [-0.2, -0.15) is 0 Å². The zero-order chi connectivity index (χ0) is 10.8. The Balaban J connectivity index is 3.08. The second-order valence-corrected chi connectivity index (χ2v) is 4.62. The highest BCUT2D eigenvalue weighted by atomic mass is 19.1. The molecule has 0 aliphatic rings. The Bertz CT molecular complexity index is 301. The average molecular weight is 196 g/mol. The maximum atomic E-state index is 13.4. The van der Waals surface area contributed by atoms with E-state index in [0.717, 1.165) is 0 Å². The normalized spacial score (nSPS) is 14.1. The van der Waals surface area contributed by atoms with E-state index in [1.54, 1.807) is 18.2 Å². The van der Waals surface area contributed by atoms with E-state index in [0.29, 0.717) is 5.56 Å². The Labute approximate surface area is 84.6 Å². The van der Waals surface area contributed by atoms with Gasteiger partial charge >= 0.3 is 0 Å². The molecule has 0 bridgehead atoms. The number of halogens is 1. The third-order valence-corrected chi connectivity index (χ3v) is 2.51. The number of benzene rings is 1. The molecule has 1 N–H and O–H groups in total. The van der Waals surface area contributed by atoms with Gasteiger partial charge in [-0.3, -0.25) is 0 Å². The lowest BCUT2D eigenvalue weighted by atomic mass is 9.77.